The van der Waals surface area contributed by atoms with Crippen LogP contribution >= 0.6 is 0 Å². The zero-order chi connectivity index (χ0) is 18.5. The molecule has 7 nitrogen and oxygen atoms in total. The molecule has 1 aliphatic rings. The lowest BCUT2D eigenvalue weighted by Gasteiger charge is -2.30. The van der Waals surface area contributed by atoms with Gasteiger partial charge in [-0.2, -0.15) is 0 Å². The van der Waals surface area contributed by atoms with Crippen molar-refractivity contribution in [3.63, 3.8) is 0 Å². The van der Waals surface area contributed by atoms with Crippen LogP contribution in [0.2, 0.25) is 0 Å². The number of amides is 1. The van der Waals surface area contributed by atoms with Crippen molar-refractivity contribution in [3.8, 4) is 0 Å². The highest BCUT2D eigenvalue weighted by Crippen LogP contribution is 2.26. The van der Waals surface area contributed by atoms with Crippen molar-refractivity contribution in [2.75, 3.05) is 31.2 Å². The maximum absolute atomic E-state index is 13.0. The number of anilines is 1. The molecule has 0 spiro atoms. The largest absolute Gasteiger partial charge is 0.378 e. The van der Waals surface area contributed by atoms with Crippen LogP contribution in [-0.2, 0) is 11.3 Å². The zero-order valence-corrected chi connectivity index (χ0v) is 14.0. The summed E-state index contributed by atoms with van der Waals surface area (Å²) in [6.07, 6.45) is 0. The Morgan fingerprint density at radius 2 is 1.88 bits per heavy atom. The molecule has 3 rings (SSSR count). The van der Waals surface area contributed by atoms with E-state index in [9.17, 15) is 19.3 Å². The third kappa shape index (κ3) is 4.15. The minimum atomic E-state index is -0.528. The van der Waals surface area contributed by atoms with Crippen molar-refractivity contribution in [3.05, 3.63) is 69.5 Å². The monoisotopic (exact) mass is 359 g/mol. The summed E-state index contributed by atoms with van der Waals surface area (Å²) in [6, 6.07) is 10.0. The second-order valence-corrected chi connectivity index (χ2v) is 5.87. The standard InChI is InChI=1S/C18H18FN3O4/c19-14-3-1-13(2-4-14)12-20-18(23)16-11-15(22(24)25)5-6-17(16)21-7-9-26-10-8-21/h1-6,11H,7-10,12H2,(H,20,23). The molecule has 0 atom stereocenters. The molecule has 1 heterocycles. The van der Waals surface area contributed by atoms with Gasteiger partial charge in [-0.05, 0) is 23.8 Å². The van der Waals surface area contributed by atoms with Crippen LogP contribution in [0.15, 0.2) is 42.5 Å². The lowest BCUT2D eigenvalue weighted by atomic mass is 10.1. The van der Waals surface area contributed by atoms with E-state index in [4.69, 9.17) is 4.74 Å². The molecule has 8 heteroatoms. The number of non-ortho nitro benzene ring substituents is 1. The summed E-state index contributed by atoms with van der Waals surface area (Å²) in [7, 11) is 0. The first-order valence-electron chi connectivity index (χ1n) is 8.18. The fourth-order valence-electron chi connectivity index (χ4n) is 2.78. The molecule has 0 aliphatic carbocycles. The van der Waals surface area contributed by atoms with Gasteiger partial charge in [-0.3, -0.25) is 14.9 Å². The molecule has 2 aromatic carbocycles. The molecular formula is C18H18FN3O4. The Morgan fingerprint density at radius 1 is 1.19 bits per heavy atom. The van der Waals surface area contributed by atoms with Gasteiger partial charge in [0.2, 0.25) is 0 Å². The van der Waals surface area contributed by atoms with E-state index in [-0.39, 0.29) is 23.6 Å². The summed E-state index contributed by atoms with van der Waals surface area (Å²) in [5.41, 5.74) is 1.46. The number of carbonyl (C=O) groups is 1. The second kappa shape index (κ2) is 7.92. The Kier molecular flexibility index (Phi) is 5.43. The molecule has 136 valence electrons. The Balaban J connectivity index is 1.82. The van der Waals surface area contributed by atoms with Crippen LogP contribution in [0.4, 0.5) is 15.8 Å². The molecule has 26 heavy (non-hydrogen) atoms. The molecular weight excluding hydrogens is 341 g/mol. The lowest BCUT2D eigenvalue weighted by molar-refractivity contribution is -0.384. The van der Waals surface area contributed by atoms with Crippen LogP contribution in [0.25, 0.3) is 0 Å². The highest BCUT2D eigenvalue weighted by molar-refractivity contribution is 6.00. The predicted octanol–water partition coefficient (Wildman–Crippen LogP) is 2.50. The van der Waals surface area contributed by atoms with Crippen LogP contribution in [0, 0.1) is 15.9 Å². The van der Waals surface area contributed by atoms with E-state index in [1.54, 1.807) is 18.2 Å². The van der Waals surface area contributed by atoms with Crippen molar-refractivity contribution in [2.45, 2.75) is 6.54 Å². The highest BCUT2D eigenvalue weighted by atomic mass is 19.1. The third-order valence-electron chi connectivity index (χ3n) is 4.15. The maximum Gasteiger partial charge on any atom is 0.270 e. The number of halogens is 1. The first-order chi connectivity index (χ1) is 12.5. The van der Waals surface area contributed by atoms with Gasteiger partial charge in [0, 0.05) is 31.8 Å². The van der Waals surface area contributed by atoms with Crippen LogP contribution in [0.3, 0.4) is 0 Å². The highest BCUT2D eigenvalue weighted by Gasteiger charge is 2.22. The molecule has 1 amide bonds. The van der Waals surface area contributed by atoms with Gasteiger partial charge in [-0.25, -0.2) is 4.39 Å². The van der Waals surface area contributed by atoms with E-state index >= 15 is 0 Å². The number of hydrogen-bond acceptors (Lipinski definition) is 5. The van der Waals surface area contributed by atoms with Crippen LogP contribution in [0.1, 0.15) is 15.9 Å². The SMILES string of the molecule is O=C(NCc1ccc(F)cc1)c1cc([N+](=O)[O-])ccc1N1CCOCC1. The van der Waals surface area contributed by atoms with Crippen molar-refractivity contribution in [2.24, 2.45) is 0 Å². The van der Waals surface area contributed by atoms with E-state index < -0.39 is 10.8 Å². The Labute approximate surface area is 149 Å². The van der Waals surface area contributed by atoms with Gasteiger partial charge < -0.3 is 15.0 Å². The molecule has 0 unspecified atom stereocenters. The fraction of sp³-hybridized carbons (Fsp3) is 0.278. The number of nitrogens with one attached hydrogen (secondary N) is 1. The zero-order valence-electron chi connectivity index (χ0n) is 14.0. The molecule has 0 saturated carbocycles. The summed E-state index contributed by atoms with van der Waals surface area (Å²) in [5, 5.41) is 13.8. The molecule has 1 N–H and O–H groups in total. The summed E-state index contributed by atoms with van der Waals surface area (Å²) < 4.78 is 18.3. The molecule has 1 saturated heterocycles. The van der Waals surface area contributed by atoms with Crippen LogP contribution in [0.5, 0.6) is 0 Å². The van der Waals surface area contributed by atoms with Crippen molar-refractivity contribution in [1.29, 1.82) is 0 Å². The van der Waals surface area contributed by atoms with Gasteiger partial charge >= 0.3 is 0 Å². The van der Waals surface area contributed by atoms with Crippen LogP contribution in [-0.4, -0.2) is 37.1 Å². The van der Waals surface area contributed by atoms with Crippen molar-refractivity contribution >= 4 is 17.3 Å². The topological polar surface area (TPSA) is 84.7 Å². The fourth-order valence-corrected chi connectivity index (χ4v) is 2.78. The van der Waals surface area contributed by atoms with Gasteiger partial charge in [0.05, 0.1) is 29.4 Å². The number of benzene rings is 2. The van der Waals surface area contributed by atoms with Gasteiger partial charge in [0.25, 0.3) is 11.6 Å². The summed E-state index contributed by atoms with van der Waals surface area (Å²) in [4.78, 5) is 25.2. The quantitative estimate of drug-likeness (QED) is 0.655. The smallest absolute Gasteiger partial charge is 0.270 e. The van der Waals surface area contributed by atoms with E-state index in [0.29, 0.717) is 32.0 Å². The molecule has 0 aromatic heterocycles. The Hall–Kier alpha value is -3.00. The minimum Gasteiger partial charge on any atom is -0.378 e. The molecule has 0 radical (unpaired) electrons. The Morgan fingerprint density at radius 3 is 2.54 bits per heavy atom. The first-order valence-corrected chi connectivity index (χ1v) is 8.18. The molecule has 1 fully saturated rings. The first kappa shape index (κ1) is 17.8. The average molecular weight is 359 g/mol. The van der Waals surface area contributed by atoms with E-state index in [1.807, 2.05) is 4.90 Å². The number of carbonyl (C=O) groups excluding carboxylic acids is 1. The Bertz CT molecular complexity index is 805. The maximum atomic E-state index is 13.0. The summed E-state index contributed by atoms with van der Waals surface area (Å²) in [5.74, 6) is -0.770. The van der Waals surface area contributed by atoms with Crippen molar-refractivity contribution in [1.82, 2.24) is 5.32 Å². The van der Waals surface area contributed by atoms with E-state index in [0.717, 1.165) is 5.56 Å². The molecule has 1 aliphatic heterocycles. The van der Waals surface area contributed by atoms with Gasteiger partial charge in [-0.15, -0.1) is 0 Å². The van der Waals surface area contributed by atoms with Gasteiger partial charge in [-0.1, -0.05) is 12.1 Å². The number of morpholine rings is 1. The summed E-state index contributed by atoms with van der Waals surface area (Å²) in [6.45, 7) is 2.48. The number of rotatable bonds is 5. The van der Waals surface area contributed by atoms with E-state index in [1.165, 1.54) is 24.3 Å². The lowest BCUT2D eigenvalue weighted by Crippen LogP contribution is -2.38. The number of nitro benzene ring substituents is 1. The number of hydrogen-bond donors (Lipinski definition) is 1. The number of nitro groups is 1. The third-order valence-corrected chi connectivity index (χ3v) is 4.15. The predicted molar refractivity (Wildman–Crippen MR) is 93.7 cm³/mol. The summed E-state index contributed by atoms with van der Waals surface area (Å²) >= 11 is 0. The number of ether oxygens (including phenoxy) is 1. The molecule has 2 aromatic rings. The van der Waals surface area contributed by atoms with E-state index in [2.05, 4.69) is 5.32 Å². The normalized spacial score (nSPS) is 14.1. The van der Waals surface area contributed by atoms with Crippen LogP contribution < -0.4 is 10.2 Å². The average Bonchev–Trinajstić information content (AvgIpc) is 2.67. The van der Waals surface area contributed by atoms with Gasteiger partial charge in [0.15, 0.2) is 0 Å². The second-order valence-electron chi connectivity index (χ2n) is 5.87. The number of nitrogens with zero attached hydrogens (tertiary/aromatic N) is 2. The van der Waals surface area contributed by atoms with Gasteiger partial charge in [0.1, 0.15) is 5.82 Å². The van der Waals surface area contributed by atoms with Crippen molar-refractivity contribution < 1.29 is 18.8 Å². The molecule has 0 bridgehead atoms. The minimum absolute atomic E-state index is 0.144.